The summed E-state index contributed by atoms with van der Waals surface area (Å²) in [6, 6.07) is -2.00. The van der Waals surface area contributed by atoms with Gasteiger partial charge in [-0.15, -0.1) is 0 Å². The number of ether oxygens (including phenoxy) is 1. The van der Waals surface area contributed by atoms with Crippen LogP contribution in [0.5, 0.6) is 0 Å². The number of carbonyl (C=O) groups is 5. The molecule has 3 aliphatic rings. The van der Waals surface area contributed by atoms with E-state index in [0.717, 1.165) is 77.5 Å². The second-order valence-corrected chi connectivity index (χ2v) is 15.2. The third kappa shape index (κ3) is 13.4. The Morgan fingerprint density at radius 2 is 1.52 bits per heavy atom. The topological polar surface area (TPSA) is 161 Å². The number of carbonyl (C=O) groups excluding carboxylic acids is 5. The van der Waals surface area contributed by atoms with Crippen LogP contribution >= 0.6 is 0 Å². The standard InChI is InChI=1S/C37H67N7O6/c1-7-8-9-13-16-31-26(4)37(49)43(6)30(21-25(2)3)36(48)40-22-32(45)39-23-33(46)42-29(24-44-19-17-38-18-20-44)35(47)41-27(5)34(50-31)28-14-11-10-12-15-28/h25-31,34,38H,7-24H2,1-6H3,(H,39,45)(H,40,48)(H,41,47)(H,42,46). The molecule has 3 fully saturated rings. The summed E-state index contributed by atoms with van der Waals surface area (Å²) >= 11 is 0. The molecular weight excluding hydrogens is 638 g/mol. The predicted molar refractivity (Wildman–Crippen MR) is 194 cm³/mol. The van der Waals surface area contributed by atoms with Gasteiger partial charge in [0.05, 0.1) is 37.3 Å². The zero-order valence-electron chi connectivity index (χ0n) is 31.7. The van der Waals surface area contributed by atoms with Crippen LogP contribution in [0.1, 0.15) is 105 Å². The van der Waals surface area contributed by atoms with Gasteiger partial charge in [0, 0.05) is 39.8 Å². The van der Waals surface area contributed by atoms with Gasteiger partial charge in [0.1, 0.15) is 12.1 Å². The number of unbranched alkanes of at least 4 members (excludes halogenated alkanes) is 3. The summed E-state index contributed by atoms with van der Waals surface area (Å²) in [6.07, 6.45) is 9.78. The molecule has 2 saturated heterocycles. The van der Waals surface area contributed by atoms with Gasteiger partial charge in [0.2, 0.25) is 29.5 Å². The molecule has 2 aliphatic heterocycles. The first-order valence-corrected chi connectivity index (χ1v) is 19.4. The lowest BCUT2D eigenvalue weighted by atomic mass is 9.82. The highest BCUT2D eigenvalue weighted by Crippen LogP contribution is 2.33. The van der Waals surface area contributed by atoms with Gasteiger partial charge in [-0.25, -0.2) is 0 Å². The summed E-state index contributed by atoms with van der Waals surface area (Å²) in [4.78, 5) is 71.2. The molecule has 3 rings (SSSR count). The first-order chi connectivity index (χ1) is 23.9. The van der Waals surface area contributed by atoms with E-state index in [2.05, 4.69) is 38.4 Å². The van der Waals surface area contributed by atoms with Crippen molar-refractivity contribution < 1.29 is 28.7 Å². The molecule has 0 bridgehead atoms. The highest BCUT2D eigenvalue weighted by atomic mass is 16.5. The maximum Gasteiger partial charge on any atom is 0.244 e. The third-order valence-electron chi connectivity index (χ3n) is 10.6. The number of rotatable bonds is 10. The van der Waals surface area contributed by atoms with Crippen molar-refractivity contribution in [2.75, 3.05) is 52.9 Å². The van der Waals surface area contributed by atoms with Gasteiger partial charge in [0.25, 0.3) is 0 Å². The Kier molecular flexibility index (Phi) is 18.0. The molecule has 5 amide bonds. The monoisotopic (exact) mass is 706 g/mol. The van der Waals surface area contributed by atoms with Gasteiger partial charge in [-0.1, -0.05) is 72.6 Å². The van der Waals surface area contributed by atoms with Crippen molar-refractivity contribution in [2.45, 2.75) is 136 Å². The minimum Gasteiger partial charge on any atom is -0.372 e. The Hall–Kier alpha value is -2.77. The maximum absolute atomic E-state index is 14.2. The molecular formula is C37H67N7O6. The van der Waals surface area contributed by atoms with Crippen molar-refractivity contribution in [3.63, 3.8) is 0 Å². The molecule has 5 N–H and O–H groups in total. The fourth-order valence-corrected chi connectivity index (χ4v) is 7.56. The molecule has 50 heavy (non-hydrogen) atoms. The number of likely N-dealkylation sites (N-methyl/N-ethyl adjacent to an activating group) is 1. The number of amides is 5. The lowest BCUT2D eigenvalue weighted by molar-refractivity contribution is -0.151. The molecule has 286 valence electrons. The van der Waals surface area contributed by atoms with Crippen LogP contribution in [0.15, 0.2) is 0 Å². The molecule has 0 aromatic carbocycles. The van der Waals surface area contributed by atoms with Crippen molar-refractivity contribution in [1.82, 2.24) is 36.4 Å². The molecule has 0 aromatic heterocycles. The van der Waals surface area contributed by atoms with E-state index < -0.39 is 41.8 Å². The molecule has 13 nitrogen and oxygen atoms in total. The van der Waals surface area contributed by atoms with Crippen molar-refractivity contribution >= 4 is 29.5 Å². The lowest BCUT2D eigenvalue weighted by Gasteiger charge is -2.40. The van der Waals surface area contributed by atoms with Gasteiger partial charge in [-0.3, -0.25) is 28.9 Å². The minimum atomic E-state index is -0.843. The largest absolute Gasteiger partial charge is 0.372 e. The van der Waals surface area contributed by atoms with Crippen molar-refractivity contribution in [1.29, 1.82) is 0 Å². The molecule has 6 atom stereocenters. The van der Waals surface area contributed by atoms with Crippen LogP contribution in [0.4, 0.5) is 0 Å². The maximum atomic E-state index is 14.2. The van der Waals surface area contributed by atoms with E-state index >= 15 is 0 Å². The molecule has 2 heterocycles. The fraction of sp³-hybridized carbons (Fsp3) is 0.865. The zero-order chi connectivity index (χ0) is 36.6. The Labute approximate surface area is 300 Å². The Morgan fingerprint density at radius 1 is 0.840 bits per heavy atom. The van der Waals surface area contributed by atoms with Crippen LogP contribution in [0.2, 0.25) is 0 Å². The lowest BCUT2D eigenvalue weighted by Crippen LogP contribution is -2.59. The molecule has 0 radical (unpaired) electrons. The summed E-state index contributed by atoms with van der Waals surface area (Å²) in [5.41, 5.74) is 0. The first-order valence-electron chi connectivity index (χ1n) is 19.4. The van der Waals surface area contributed by atoms with Crippen molar-refractivity contribution in [3.05, 3.63) is 0 Å². The number of nitrogens with one attached hydrogen (secondary N) is 5. The summed E-state index contributed by atoms with van der Waals surface area (Å²) in [6.45, 7) is 12.8. The van der Waals surface area contributed by atoms with E-state index in [1.807, 2.05) is 27.7 Å². The van der Waals surface area contributed by atoms with Gasteiger partial charge < -0.3 is 36.2 Å². The minimum absolute atomic E-state index is 0.116. The van der Waals surface area contributed by atoms with Crippen LogP contribution in [-0.4, -0.2) is 123 Å². The van der Waals surface area contributed by atoms with Crippen molar-refractivity contribution in [2.24, 2.45) is 17.8 Å². The highest BCUT2D eigenvalue weighted by molar-refractivity contribution is 5.93. The van der Waals surface area contributed by atoms with Gasteiger partial charge in [-0.2, -0.15) is 0 Å². The Bertz CT molecular complexity index is 1090. The fourth-order valence-electron chi connectivity index (χ4n) is 7.56. The molecule has 0 aromatic rings. The average Bonchev–Trinajstić information content (AvgIpc) is 3.10. The number of piperazine rings is 1. The summed E-state index contributed by atoms with van der Waals surface area (Å²) in [5, 5.41) is 14.6. The predicted octanol–water partition coefficient (Wildman–Crippen LogP) is 1.94. The van der Waals surface area contributed by atoms with Crippen LogP contribution in [0.3, 0.4) is 0 Å². The van der Waals surface area contributed by atoms with Crippen LogP contribution in [0.25, 0.3) is 0 Å². The van der Waals surface area contributed by atoms with E-state index in [4.69, 9.17) is 4.74 Å². The van der Waals surface area contributed by atoms with E-state index in [0.29, 0.717) is 19.4 Å². The van der Waals surface area contributed by atoms with Crippen LogP contribution < -0.4 is 26.6 Å². The normalized spacial score (nSPS) is 29.7. The smallest absolute Gasteiger partial charge is 0.244 e. The average molecular weight is 706 g/mol. The SMILES string of the molecule is CCCCCCC1OC(C2CCCCC2)C(C)NC(=O)C(CN2CCNCC2)NC(=O)CNC(=O)CNC(=O)C(CC(C)C)N(C)C(=O)C1C. The van der Waals surface area contributed by atoms with E-state index in [-0.39, 0.29) is 48.9 Å². The Morgan fingerprint density at radius 3 is 2.18 bits per heavy atom. The van der Waals surface area contributed by atoms with E-state index in [9.17, 15) is 24.0 Å². The first kappa shape index (κ1) is 41.6. The summed E-state index contributed by atoms with van der Waals surface area (Å²) in [5.74, 6) is -2.14. The zero-order valence-corrected chi connectivity index (χ0v) is 31.7. The number of nitrogens with zero attached hydrogens (tertiary/aromatic N) is 2. The van der Waals surface area contributed by atoms with Gasteiger partial charge >= 0.3 is 0 Å². The van der Waals surface area contributed by atoms with E-state index in [1.54, 1.807) is 7.05 Å². The van der Waals surface area contributed by atoms with E-state index in [1.165, 1.54) is 11.3 Å². The van der Waals surface area contributed by atoms with Gasteiger partial charge in [-0.05, 0) is 44.4 Å². The second-order valence-electron chi connectivity index (χ2n) is 15.2. The number of hydrogen-bond acceptors (Lipinski definition) is 8. The van der Waals surface area contributed by atoms with Gasteiger partial charge in [0.15, 0.2) is 0 Å². The quantitative estimate of drug-likeness (QED) is 0.216. The summed E-state index contributed by atoms with van der Waals surface area (Å²) in [7, 11) is 1.66. The Balaban J connectivity index is 1.98. The van der Waals surface area contributed by atoms with Crippen LogP contribution in [-0.2, 0) is 28.7 Å². The summed E-state index contributed by atoms with van der Waals surface area (Å²) < 4.78 is 7.07. The van der Waals surface area contributed by atoms with Crippen LogP contribution in [0, 0.1) is 17.8 Å². The molecule has 1 aliphatic carbocycles. The van der Waals surface area contributed by atoms with Crippen molar-refractivity contribution in [3.8, 4) is 0 Å². The molecule has 1 saturated carbocycles. The highest BCUT2D eigenvalue weighted by Gasteiger charge is 2.39. The molecule has 6 unspecified atom stereocenters. The second kappa shape index (κ2) is 21.6. The third-order valence-corrected chi connectivity index (χ3v) is 10.6. The molecule has 13 heteroatoms. The number of hydrogen-bond donors (Lipinski definition) is 5. The molecule has 0 spiro atoms.